The lowest BCUT2D eigenvalue weighted by Crippen LogP contribution is -2.36. The van der Waals surface area contributed by atoms with E-state index in [4.69, 9.17) is 10.5 Å². The molecule has 3 nitrogen and oxygen atoms in total. The molecule has 3 heteroatoms. The molecule has 0 aliphatic carbocycles. The Morgan fingerprint density at radius 3 is 2.67 bits per heavy atom. The van der Waals surface area contributed by atoms with Crippen LogP contribution < -0.4 is 5.73 Å². The molecule has 3 unspecified atom stereocenters. The fourth-order valence-corrected chi connectivity index (χ4v) is 2.65. The number of aliphatic hydroxyl groups excluding tert-OH is 1. The minimum absolute atomic E-state index is 0.0114. The van der Waals surface area contributed by atoms with Crippen LogP contribution in [-0.4, -0.2) is 31.0 Å². The molecule has 0 radical (unpaired) electrons. The van der Waals surface area contributed by atoms with E-state index in [-0.39, 0.29) is 11.8 Å². The van der Waals surface area contributed by atoms with Gasteiger partial charge in [0.15, 0.2) is 0 Å². The fourth-order valence-electron chi connectivity index (χ4n) is 2.65. The molecule has 0 bridgehead atoms. The average molecular weight is 249 g/mol. The first kappa shape index (κ1) is 13.5. The first-order valence-electron chi connectivity index (χ1n) is 6.75. The number of hydrogen-bond donors (Lipinski definition) is 2. The topological polar surface area (TPSA) is 55.5 Å². The summed E-state index contributed by atoms with van der Waals surface area (Å²) in [5.41, 5.74) is 8.20. The van der Waals surface area contributed by atoms with Crippen LogP contribution in [0.1, 0.15) is 29.9 Å². The number of aliphatic hydroxyl groups is 1. The first-order valence-corrected chi connectivity index (χ1v) is 6.75. The highest BCUT2D eigenvalue weighted by Crippen LogP contribution is 2.28. The summed E-state index contributed by atoms with van der Waals surface area (Å²) in [5, 5.41) is 10.5. The summed E-state index contributed by atoms with van der Waals surface area (Å²) in [5.74, 6) is 0.228. The van der Waals surface area contributed by atoms with Gasteiger partial charge in [0, 0.05) is 25.0 Å². The van der Waals surface area contributed by atoms with Gasteiger partial charge in [-0.25, -0.2) is 0 Å². The van der Waals surface area contributed by atoms with E-state index < -0.39 is 6.10 Å². The van der Waals surface area contributed by atoms with Gasteiger partial charge in [-0.05, 0) is 25.3 Å². The maximum absolute atomic E-state index is 10.5. The highest BCUT2D eigenvalue weighted by molar-refractivity contribution is 5.26. The van der Waals surface area contributed by atoms with E-state index in [0.29, 0.717) is 13.2 Å². The Balaban J connectivity index is 2.09. The largest absolute Gasteiger partial charge is 0.392 e. The van der Waals surface area contributed by atoms with Crippen molar-refractivity contribution in [2.45, 2.75) is 31.8 Å². The minimum atomic E-state index is -0.405. The minimum Gasteiger partial charge on any atom is -0.392 e. The monoisotopic (exact) mass is 249 g/mol. The van der Waals surface area contributed by atoms with Gasteiger partial charge in [0.25, 0.3) is 0 Å². The van der Waals surface area contributed by atoms with E-state index >= 15 is 0 Å². The van der Waals surface area contributed by atoms with E-state index in [2.05, 4.69) is 31.2 Å². The zero-order valence-corrected chi connectivity index (χ0v) is 11.0. The molecule has 18 heavy (non-hydrogen) atoms. The van der Waals surface area contributed by atoms with E-state index in [0.717, 1.165) is 25.0 Å². The summed E-state index contributed by atoms with van der Waals surface area (Å²) in [4.78, 5) is 0. The lowest BCUT2D eigenvalue weighted by atomic mass is 9.83. The average Bonchev–Trinajstić information content (AvgIpc) is 2.42. The molecule has 3 N–H and O–H groups in total. The predicted molar refractivity (Wildman–Crippen MR) is 72.5 cm³/mol. The summed E-state index contributed by atoms with van der Waals surface area (Å²) in [6, 6.07) is 8.28. The van der Waals surface area contributed by atoms with Crippen molar-refractivity contribution in [1.82, 2.24) is 0 Å². The van der Waals surface area contributed by atoms with Crippen molar-refractivity contribution in [2.75, 3.05) is 19.8 Å². The molecule has 100 valence electrons. The maximum atomic E-state index is 10.5. The third-order valence-corrected chi connectivity index (χ3v) is 3.85. The SMILES string of the molecule is Cc1ccc(C(CN)C(O)C2CCCOC2)cc1. The van der Waals surface area contributed by atoms with Gasteiger partial charge >= 0.3 is 0 Å². The van der Waals surface area contributed by atoms with Crippen LogP contribution in [0.3, 0.4) is 0 Å². The van der Waals surface area contributed by atoms with Crippen molar-refractivity contribution in [3.05, 3.63) is 35.4 Å². The molecule has 1 aromatic rings. The summed E-state index contributed by atoms with van der Waals surface area (Å²) in [7, 11) is 0. The Kier molecular flexibility index (Phi) is 4.75. The van der Waals surface area contributed by atoms with Crippen molar-refractivity contribution in [3.63, 3.8) is 0 Å². The van der Waals surface area contributed by atoms with Crippen LogP contribution in [0.2, 0.25) is 0 Å². The van der Waals surface area contributed by atoms with Crippen LogP contribution in [0, 0.1) is 12.8 Å². The summed E-state index contributed by atoms with van der Waals surface area (Å²) >= 11 is 0. The van der Waals surface area contributed by atoms with Gasteiger partial charge < -0.3 is 15.6 Å². The number of nitrogens with two attached hydrogens (primary N) is 1. The first-order chi connectivity index (χ1) is 8.72. The van der Waals surface area contributed by atoms with Gasteiger partial charge in [-0.1, -0.05) is 29.8 Å². The molecule has 1 aliphatic rings. The van der Waals surface area contributed by atoms with Gasteiger partial charge in [-0.15, -0.1) is 0 Å². The molecule has 1 aromatic carbocycles. The number of benzene rings is 1. The second-order valence-corrected chi connectivity index (χ2v) is 5.22. The second kappa shape index (κ2) is 6.32. The lowest BCUT2D eigenvalue weighted by Gasteiger charge is -2.32. The van der Waals surface area contributed by atoms with Crippen molar-refractivity contribution < 1.29 is 9.84 Å². The number of rotatable bonds is 4. The van der Waals surface area contributed by atoms with Gasteiger partial charge in [-0.3, -0.25) is 0 Å². The second-order valence-electron chi connectivity index (χ2n) is 5.22. The molecule has 1 heterocycles. The van der Waals surface area contributed by atoms with Crippen molar-refractivity contribution in [2.24, 2.45) is 11.7 Å². The Morgan fingerprint density at radius 2 is 2.11 bits per heavy atom. The Morgan fingerprint density at radius 1 is 1.39 bits per heavy atom. The molecular weight excluding hydrogens is 226 g/mol. The lowest BCUT2D eigenvalue weighted by molar-refractivity contribution is -0.0184. The quantitative estimate of drug-likeness (QED) is 0.856. The molecule has 3 atom stereocenters. The third-order valence-electron chi connectivity index (χ3n) is 3.85. The number of aryl methyl sites for hydroxylation is 1. The molecule has 1 saturated heterocycles. The Labute approximate surface area is 109 Å². The van der Waals surface area contributed by atoms with E-state index in [1.54, 1.807) is 0 Å². The zero-order chi connectivity index (χ0) is 13.0. The van der Waals surface area contributed by atoms with Crippen LogP contribution in [0.15, 0.2) is 24.3 Å². The number of ether oxygens (including phenoxy) is 1. The molecule has 1 fully saturated rings. The van der Waals surface area contributed by atoms with E-state index in [9.17, 15) is 5.11 Å². The smallest absolute Gasteiger partial charge is 0.0670 e. The highest BCUT2D eigenvalue weighted by atomic mass is 16.5. The summed E-state index contributed by atoms with van der Waals surface area (Å²) in [6.07, 6.45) is 1.66. The van der Waals surface area contributed by atoms with Crippen LogP contribution in [-0.2, 0) is 4.74 Å². The van der Waals surface area contributed by atoms with Gasteiger partial charge in [-0.2, -0.15) is 0 Å². The van der Waals surface area contributed by atoms with Crippen molar-refractivity contribution in [3.8, 4) is 0 Å². The Hall–Kier alpha value is -0.900. The van der Waals surface area contributed by atoms with Gasteiger partial charge in [0.05, 0.1) is 12.7 Å². The highest BCUT2D eigenvalue weighted by Gasteiger charge is 2.29. The van der Waals surface area contributed by atoms with Crippen molar-refractivity contribution in [1.29, 1.82) is 0 Å². The third kappa shape index (κ3) is 3.10. The zero-order valence-electron chi connectivity index (χ0n) is 11.0. The number of hydrogen-bond acceptors (Lipinski definition) is 3. The van der Waals surface area contributed by atoms with Crippen LogP contribution in [0.25, 0.3) is 0 Å². The normalized spacial score (nSPS) is 23.6. The van der Waals surface area contributed by atoms with Crippen LogP contribution >= 0.6 is 0 Å². The van der Waals surface area contributed by atoms with Gasteiger partial charge in [0.1, 0.15) is 0 Å². The maximum Gasteiger partial charge on any atom is 0.0670 e. The Bertz CT molecular complexity index is 357. The molecule has 0 saturated carbocycles. The molecule has 2 rings (SSSR count). The standard InChI is InChI=1S/C15H23NO2/c1-11-4-6-12(7-5-11)14(9-16)15(17)13-3-2-8-18-10-13/h4-7,13-15,17H,2-3,8-10,16H2,1H3. The summed E-state index contributed by atoms with van der Waals surface area (Å²) in [6.45, 7) is 4.01. The summed E-state index contributed by atoms with van der Waals surface area (Å²) < 4.78 is 5.45. The molecule has 0 spiro atoms. The predicted octanol–water partition coefficient (Wildman–Crippen LogP) is 1.82. The van der Waals surface area contributed by atoms with Crippen LogP contribution in [0.5, 0.6) is 0 Å². The molecule has 1 aliphatic heterocycles. The fraction of sp³-hybridized carbons (Fsp3) is 0.600. The van der Waals surface area contributed by atoms with Crippen molar-refractivity contribution >= 4 is 0 Å². The molecular formula is C15H23NO2. The molecule has 0 aromatic heterocycles. The molecule has 0 amide bonds. The van der Waals surface area contributed by atoms with E-state index in [1.165, 1.54) is 5.56 Å². The van der Waals surface area contributed by atoms with Crippen LogP contribution in [0.4, 0.5) is 0 Å². The van der Waals surface area contributed by atoms with E-state index in [1.807, 2.05) is 0 Å². The van der Waals surface area contributed by atoms with Gasteiger partial charge in [0.2, 0.25) is 0 Å².